The molecule has 1 atom stereocenters. The lowest BCUT2D eigenvalue weighted by Gasteiger charge is -2.23. The number of ether oxygens (including phenoxy) is 1. The summed E-state index contributed by atoms with van der Waals surface area (Å²) in [7, 11) is -2.06. The average molecular weight is 331 g/mol. The molecule has 1 aromatic carbocycles. The number of aromatic nitrogens is 2. The van der Waals surface area contributed by atoms with E-state index in [0.717, 1.165) is 19.3 Å². The molecule has 0 amide bonds. The summed E-state index contributed by atoms with van der Waals surface area (Å²) < 4.78 is 33.5. The summed E-state index contributed by atoms with van der Waals surface area (Å²) in [5, 5.41) is 23.2. The molecule has 1 aromatic heterocycles. The second-order valence-electron chi connectivity index (χ2n) is 5.20. The lowest BCUT2D eigenvalue weighted by atomic mass is 9.75. The van der Waals surface area contributed by atoms with Gasteiger partial charge >= 0.3 is 7.12 Å². The van der Waals surface area contributed by atoms with Crippen molar-refractivity contribution in [3.63, 3.8) is 0 Å². The van der Waals surface area contributed by atoms with E-state index in [2.05, 4.69) is 5.10 Å². The van der Waals surface area contributed by atoms with Gasteiger partial charge in [0.2, 0.25) is 0 Å². The van der Waals surface area contributed by atoms with Crippen molar-refractivity contribution in [1.82, 2.24) is 9.78 Å². The molecule has 0 bridgehead atoms. The summed E-state index contributed by atoms with van der Waals surface area (Å²) in [4.78, 5) is 0. The van der Waals surface area contributed by atoms with Crippen molar-refractivity contribution in [1.29, 1.82) is 0 Å². The number of rotatable bonds is 3. The first-order valence-electron chi connectivity index (χ1n) is 6.96. The third-order valence-electron chi connectivity index (χ3n) is 3.84. The third-order valence-corrected chi connectivity index (χ3v) is 4.15. The first kappa shape index (κ1) is 15.7. The topological polar surface area (TPSA) is 67.5 Å². The fourth-order valence-electron chi connectivity index (χ4n) is 2.84. The summed E-state index contributed by atoms with van der Waals surface area (Å²) in [6.07, 6.45) is 0.815. The maximum atomic E-state index is 13.2. The van der Waals surface area contributed by atoms with Gasteiger partial charge in [-0.2, -0.15) is 5.10 Å². The predicted octanol–water partition coefficient (Wildman–Crippen LogP) is 2.01. The molecule has 0 aliphatic carbocycles. The molecule has 1 aliphatic rings. The molecule has 0 radical (unpaired) electrons. The standard InChI is InChI=1S/C13H14BClF2N2O3/c15-8-5-9-7(12(14(20)21)11(8)13(16)17)6-18-19(9)10-3-1-2-4-22-10/h5-6,10,13,20-21H,1-4H2. The number of benzene rings is 1. The van der Waals surface area contributed by atoms with Crippen molar-refractivity contribution in [2.24, 2.45) is 0 Å². The maximum absolute atomic E-state index is 13.2. The SMILES string of the molecule is OB(O)c1c(C(F)F)c(Cl)cc2c1cnn2C1CCCCO1. The van der Waals surface area contributed by atoms with E-state index in [-0.39, 0.29) is 22.1 Å². The molecule has 2 heterocycles. The lowest BCUT2D eigenvalue weighted by molar-refractivity contribution is -0.0366. The highest BCUT2D eigenvalue weighted by atomic mass is 35.5. The minimum Gasteiger partial charge on any atom is -0.423 e. The van der Waals surface area contributed by atoms with E-state index < -0.39 is 19.1 Å². The van der Waals surface area contributed by atoms with Crippen molar-refractivity contribution in [2.75, 3.05) is 6.61 Å². The minimum atomic E-state index is -2.91. The van der Waals surface area contributed by atoms with E-state index in [1.54, 1.807) is 4.68 Å². The van der Waals surface area contributed by atoms with Gasteiger partial charge in [-0.25, -0.2) is 13.5 Å². The van der Waals surface area contributed by atoms with E-state index in [1.807, 2.05) is 0 Å². The van der Waals surface area contributed by atoms with Gasteiger partial charge in [-0.1, -0.05) is 11.6 Å². The summed E-state index contributed by atoms with van der Waals surface area (Å²) in [6.45, 7) is 0.602. The Morgan fingerprint density at radius 3 is 2.77 bits per heavy atom. The van der Waals surface area contributed by atoms with Crippen LogP contribution in [0.25, 0.3) is 10.9 Å². The molecular weight excluding hydrogens is 316 g/mol. The molecule has 118 valence electrons. The Labute approximate surface area is 130 Å². The summed E-state index contributed by atoms with van der Waals surface area (Å²) in [5.74, 6) is 0. The molecule has 22 heavy (non-hydrogen) atoms. The fourth-order valence-corrected chi connectivity index (χ4v) is 3.13. The number of hydrogen-bond acceptors (Lipinski definition) is 4. The molecule has 2 aromatic rings. The molecule has 2 N–H and O–H groups in total. The highest BCUT2D eigenvalue weighted by Gasteiger charge is 2.30. The van der Waals surface area contributed by atoms with Gasteiger partial charge in [0.15, 0.2) is 6.23 Å². The number of hydrogen-bond donors (Lipinski definition) is 2. The van der Waals surface area contributed by atoms with Crippen LogP contribution in [0.15, 0.2) is 12.3 Å². The van der Waals surface area contributed by atoms with Crippen molar-refractivity contribution in [3.05, 3.63) is 22.8 Å². The van der Waals surface area contributed by atoms with Gasteiger partial charge in [0.25, 0.3) is 6.43 Å². The Morgan fingerprint density at radius 2 is 2.18 bits per heavy atom. The Morgan fingerprint density at radius 1 is 1.41 bits per heavy atom. The largest absolute Gasteiger partial charge is 0.489 e. The van der Waals surface area contributed by atoms with Gasteiger partial charge in [0.05, 0.1) is 16.7 Å². The highest BCUT2D eigenvalue weighted by Crippen LogP contribution is 2.32. The van der Waals surface area contributed by atoms with Crippen molar-refractivity contribution in [2.45, 2.75) is 31.9 Å². The summed E-state index contributed by atoms with van der Waals surface area (Å²) in [6, 6.07) is 1.37. The van der Waals surface area contributed by atoms with Crippen molar-refractivity contribution >= 4 is 35.1 Å². The molecule has 1 unspecified atom stereocenters. The number of halogens is 3. The smallest absolute Gasteiger partial charge is 0.423 e. The monoisotopic (exact) mass is 330 g/mol. The summed E-state index contributed by atoms with van der Waals surface area (Å²) in [5.41, 5.74) is -0.433. The van der Waals surface area contributed by atoms with E-state index in [0.29, 0.717) is 12.1 Å². The van der Waals surface area contributed by atoms with E-state index in [4.69, 9.17) is 16.3 Å². The fraction of sp³-hybridized carbons (Fsp3) is 0.462. The Balaban J connectivity index is 2.20. The maximum Gasteiger partial charge on any atom is 0.489 e. The van der Waals surface area contributed by atoms with Crippen LogP contribution in [0, 0.1) is 0 Å². The highest BCUT2D eigenvalue weighted by molar-refractivity contribution is 6.63. The normalized spacial score (nSPS) is 19.1. The molecule has 1 saturated heterocycles. The van der Waals surface area contributed by atoms with Gasteiger partial charge in [-0.05, 0) is 25.3 Å². The second-order valence-corrected chi connectivity index (χ2v) is 5.61. The van der Waals surface area contributed by atoms with Crippen molar-refractivity contribution < 1.29 is 23.6 Å². The third kappa shape index (κ3) is 2.60. The zero-order valence-electron chi connectivity index (χ0n) is 11.5. The molecule has 1 fully saturated rings. The van der Waals surface area contributed by atoms with Gasteiger partial charge in [0.1, 0.15) is 0 Å². The van der Waals surface area contributed by atoms with Crippen LogP contribution in [0.2, 0.25) is 5.02 Å². The zero-order valence-corrected chi connectivity index (χ0v) is 12.3. The minimum absolute atomic E-state index is 0.219. The zero-order chi connectivity index (χ0) is 15.9. The van der Waals surface area contributed by atoms with Crippen LogP contribution in [-0.2, 0) is 4.74 Å². The van der Waals surface area contributed by atoms with Crippen LogP contribution < -0.4 is 5.46 Å². The Hall–Kier alpha value is -1.22. The van der Waals surface area contributed by atoms with Crippen LogP contribution in [-0.4, -0.2) is 33.6 Å². The van der Waals surface area contributed by atoms with E-state index in [1.165, 1.54) is 12.3 Å². The predicted molar refractivity (Wildman–Crippen MR) is 78.4 cm³/mol. The number of nitrogens with zero attached hydrogens (tertiary/aromatic N) is 2. The molecular formula is C13H14BClF2N2O3. The average Bonchev–Trinajstić information content (AvgIpc) is 2.89. The van der Waals surface area contributed by atoms with Crippen molar-refractivity contribution in [3.8, 4) is 0 Å². The molecule has 9 heteroatoms. The van der Waals surface area contributed by atoms with Crippen LogP contribution in [0.3, 0.4) is 0 Å². The lowest BCUT2D eigenvalue weighted by Crippen LogP contribution is -2.34. The molecule has 0 spiro atoms. The van der Waals surface area contributed by atoms with Gasteiger partial charge in [0, 0.05) is 23.0 Å². The van der Waals surface area contributed by atoms with Crippen LogP contribution in [0.1, 0.15) is 37.5 Å². The molecule has 1 aliphatic heterocycles. The molecule has 3 rings (SSSR count). The van der Waals surface area contributed by atoms with Gasteiger partial charge in [-0.3, -0.25) is 0 Å². The van der Waals surface area contributed by atoms with Gasteiger partial charge < -0.3 is 14.8 Å². The first-order valence-corrected chi connectivity index (χ1v) is 7.34. The summed E-state index contributed by atoms with van der Waals surface area (Å²) >= 11 is 5.93. The first-order chi connectivity index (χ1) is 10.5. The Kier molecular flexibility index (Phi) is 4.36. The number of alkyl halides is 2. The van der Waals surface area contributed by atoms with Crippen LogP contribution >= 0.6 is 11.6 Å². The second kappa shape index (κ2) is 6.12. The van der Waals surface area contributed by atoms with E-state index >= 15 is 0 Å². The Bertz CT molecular complexity index is 689. The van der Waals surface area contributed by atoms with Gasteiger partial charge in [-0.15, -0.1) is 0 Å². The molecule has 0 saturated carbocycles. The van der Waals surface area contributed by atoms with Crippen LogP contribution in [0.5, 0.6) is 0 Å². The van der Waals surface area contributed by atoms with Crippen LogP contribution in [0.4, 0.5) is 8.78 Å². The quantitative estimate of drug-likeness (QED) is 0.845. The number of fused-ring (bicyclic) bond motifs is 1. The van der Waals surface area contributed by atoms with E-state index in [9.17, 15) is 18.8 Å². The molecule has 5 nitrogen and oxygen atoms in total.